The van der Waals surface area contributed by atoms with E-state index in [4.69, 9.17) is 4.74 Å². The maximum absolute atomic E-state index is 13.2. The number of piperazine rings is 2. The summed E-state index contributed by atoms with van der Waals surface area (Å²) < 4.78 is 18.7. The molecule has 5 rings (SSSR count). The zero-order valence-corrected chi connectivity index (χ0v) is 21.3. The summed E-state index contributed by atoms with van der Waals surface area (Å²) in [5, 5.41) is 11.9. The number of anilines is 3. The van der Waals surface area contributed by atoms with Gasteiger partial charge in [0.1, 0.15) is 17.3 Å². The highest BCUT2D eigenvalue weighted by Crippen LogP contribution is 2.35. The lowest BCUT2D eigenvalue weighted by Crippen LogP contribution is -2.49. The molecule has 0 bridgehead atoms. The molecule has 2 saturated heterocycles. The third kappa shape index (κ3) is 5.20. The highest BCUT2D eigenvalue weighted by atomic mass is 19.1. The zero-order valence-electron chi connectivity index (χ0n) is 21.3. The van der Waals surface area contributed by atoms with Crippen LogP contribution in [-0.2, 0) is 0 Å². The van der Waals surface area contributed by atoms with Gasteiger partial charge in [-0.15, -0.1) is 0 Å². The van der Waals surface area contributed by atoms with Crippen LogP contribution in [0.1, 0.15) is 10.4 Å². The summed E-state index contributed by atoms with van der Waals surface area (Å²) in [4.78, 5) is 32.5. The summed E-state index contributed by atoms with van der Waals surface area (Å²) in [5.74, 6) is 0.314. The van der Waals surface area contributed by atoms with Crippen molar-refractivity contribution in [2.24, 2.45) is 0 Å². The van der Waals surface area contributed by atoms with Gasteiger partial charge >= 0.3 is 0 Å². The zero-order chi connectivity index (χ0) is 26.6. The van der Waals surface area contributed by atoms with E-state index in [1.807, 2.05) is 30.3 Å². The smallest absolute Gasteiger partial charge is 0.292 e. The predicted molar refractivity (Wildman–Crippen MR) is 145 cm³/mol. The number of rotatable bonds is 6. The number of halogens is 1. The van der Waals surface area contributed by atoms with Crippen molar-refractivity contribution in [1.29, 1.82) is 0 Å². The van der Waals surface area contributed by atoms with E-state index in [1.165, 1.54) is 24.3 Å². The molecule has 0 aromatic heterocycles. The molecule has 198 valence electrons. The largest absolute Gasteiger partial charge is 0.495 e. The molecule has 38 heavy (non-hydrogen) atoms. The van der Waals surface area contributed by atoms with Gasteiger partial charge in [0.15, 0.2) is 0 Å². The van der Waals surface area contributed by atoms with Crippen LogP contribution in [0.5, 0.6) is 5.75 Å². The first kappa shape index (κ1) is 25.3. The van der Waals surface area contributed by atoms with E-state index >= 15 is 0 Å². The lowest BCUT2D eigenvalue weighted by molar-refractivity contribution is -0.384. The van der Waals surface area contributed by atoms with E-state index in [2.05, 4.69) is 14.7 Å². The van der Waals surface area contributed by atoms with Gasteiger partial charge in [-0.2, -0.15) is 0 Å². The molecule has 0 unspecified atom stereocenters. The quantitative estimate of drug-likeness (QED) is 0.359. The van der Waals surface area contributed by atoms with Gasteiger partial charge in [-0.1, -0.05) is 12.1 Å². The molecule has 2 aliphatic heterocycles. The molecule has 0 saturated carbocycles. The first-order valence-electron chi connectivity index (χ1n) is 12.7. The number of methoxy groups -OCH3 is 1. The Kier molecular flexibility index (Phi) is 7.30. The number of carbonyl (C=O) groups excluding carboxylic acids is 1. The van der Waals surface area contributed by atoms with Gasteiger partial charge in [-0.05, 0) is 48.5 Å². The maximum atomic E-state index is 13.2. The van der Waals surface area contributed by atoms with E-state index < -0.39 is 0 Å². The number of hydrogen-bond donors (Lipinski definition) is 0. The molecule has 10 heteroatoms. The van der Waals surface area contributed by atoms with Crippen LogP contribution in [0.4, 0.5) is 27.1 Å². The number of nitro groups is 1. The Balaban J connectivity index is 1.27. The van der Waals surface area contributed by atoms with Crippen molar-refractivity contribution in [2.75, 3.05) is 74.2 Å². The van der Waals surface area contributed by atoms with Crippen LogP contribution < -0.4 is 19.4 Å². The number of benzene rings is 3. The highest BCUT2D eigenvalue weighted by Gasteiger charge is 2.28. The van der Waals surface area contributed by atoms with Crippen molar-refractivity contribution in [1.82, 2.24) is 4.90 Å². The Hall–Kier alpha value is -4.34. The second-order valence-corrected chi connectivity index (χ2v) is 9.36. The van der Waals surface area contributed by atoms with Crippen molar-refractivity contribution >= 4 is 28.7 Å². The lowest BCUT2D eigenvalue weighted by Gasteiger charge is -2.39. The Morgan fingerprint density at radius 2 is 1.42 bits per heavy atom. The number of ether oxygens (including phenoxy) is 1. The Bertz CT molecular complexity index is 1300. The van der Waals surface area contributed by atoms with Crippen LogP contribution >= 0.6 is 0 Å². The molecule has 3 aromatic carbocycles. The molecule has 2 aliphatic rings. The van der Waals surface area contributed by atoms with Gasteiger partial charge in [0, 0.05) is 69.7 Å². The third-order valence-corrected chi connectivity index (χ3v) is 7.23. The van der Waals surface area contributed by atoms with Gasteiger partial charge in [0.25, 0.3) is 11.6 Å². The molecule has 0 aliphatic carbocycles. The summed E-state index contributed by atoms with van der Waals surface area (Å²) in [6.07, 6.45) is 0. The summed E-state index contributed by atoms with van der Waals surface area (Å²) in [5.41, 5.74) is 3.07. The van der Waals surface area contributed by atoms with Crippen molar-refractivity contribution in [3.8, 4) is 5.75 Å². The van der Waals surface area contributed by atoms with Crippen molar-refractivity contribution in [2.45, 2.75) is 0 Å². The van der Waals surface area contributed by atoms with E-state index in [0.29, 0.717) is 63.6 Å². The van der Waals surface area contributed by atoms with Gasteiger partial charge in [0.2, 0.25) is 0 Å². The molecule has 9 nitrogen and oxygen atoms in total. The molecule has 0 radical (unpaired) electrons. The third-order valence-electron chi connectivity index (χ3n) is 7.23. The molecular formula is C28H30FN5O4. The Morgan fingerprint density at radius 3 is 2.05 bits per heavy atom. The van der Waals surface area contributed by atoms with E-state index in [1.54, 1.807) is 24.1 Å². The topological polar surface area (TPSA) is 82.4 Å². The first-order valence-corrected chi connectivity index (χ1v) is 12.7. The lowest BCUT2D eigenvalue weighted by atomic mass is 10.1. The van der Waals surface area contributed by atoms with Crippen LogP contribution in [0.15, 0.2) is 66.7 Å². The summed E-state index contributed by atoms with van der Waals surface area (Å²) in [6, 6.07) is 18.7. The molecular weight excluding hydrogens is 489 g/mol. The summed E-state index contributed by atoms with van der Waals surface area (Å²) in [6.45, 7) is 4.94. The number of amides is 1. The van der Waals surface area contributed by atoms with Crippen LogP contribution in [0.2, 0.25) is 0 Å². The first-order chi connectivity index (χ1) is 18.4. The Morgan fingerprint density at radius 1 is 0.816 bits per heavy atom. The highest BCUT2D eigenvalue weighted by molar-refractivity contribution is 5.94. The van der Waals surface area contributed by atoms with Crippen LogP contribution in [0.25, 0.3) is 0 Å². The van der Waals surface area contributed by atoms with E-state index in [-0.39, 0.29) is 22.3 Å². The Labute approximate surface area is 220 Å². The normalized spacial score (nSPS) is 15.9. The monoisotopic (exact) mass is 519 g/mol. The standard InChI is InChI=1S/C28H30FN5O4/c1-38-27-5-3-2-4-25(27)31-14-16-32(17-15-31)26-20-23(10-11-24(26)34(36)37)30-12-18-33(19-13-30)28(35)21-6-8-22(29)9-7-21/h2-11,20H,12-19H2,1H3. The molecule has 2 fully saturated rings. The minimum absolute atomic E-state index is 0.0876. The van der Waals surface area contributed by atoms with Crippen molar-refractivity contribution in [3.63, 3.8) is 0 Å². The molecule has 0 N–H and O–H groups in total. The van der Waals surface area contributed by atoms with E-state index in [0.717, 1.165) is 17.1 Å². The average molecular weight is 520 g/mol. The minimum atomic E-state index is -0.374. The van der Waals surface area contributed by atoms with Gasteiger partial charge in [-0.3, -0.25) is 14.9 Å². The second-order valence-electron chi connectivity index (χ2n) is 9.36. The van der Waals surface area contributed by atoms with Crippen molar-refractivity contribution in [3.05, 3.63) is 88.2 Å². The number of carbonyl (C=O) groups is 1. The van der Waals surface area contributed by atoms with Gasteiger partial charge in [0.05, 0.1) is 17.7 Å². The summed E-state index contributed by atoms with van der Waals surface area (Å²) >= 11 is 0. The number of hydrogen-bond acceptors (Lipinski definition) is 7. The number of nitro benzene ring substituents is 1. The summed E-state index contributed by atoms with van der Waals surface area (Å²) in [7, 11) is 1.66. The second kappa shape index (κ2) is 11.0. The molecule has 1 amide bonds. The fourth-order valence-electron chi connectivity index (χ4n) is 5.14. The van der Waals surface area contributed by atoms with Crippen molar-refractivity contribution < 1.29 is 18.8 Å². The molecule has 0 spiro atoms. The average Bonchev–Trinajstić information content (AvgIpc) is 2.97. The molecule has 0 atom stereocenters. The maximum Gasteiger partial charge on any atom is 0.292 e. The SMILES string of the molecule is COc1ccccc1N1CCN(c2cc(N3CCN(C(=O)c4ccc(F)cc4)CC3)ccc2[N+](=O)[O-])CC1. The van der Waals surface area contributed by atoms with Crippen LogP contribution in [0.3, 0.4) is 0 Å². The fraction of sp³-hybridized carbons (Fsp3) is 0.321. The minimum Gasteiger partial charge on any atom is -0.495 e. The van der Waals surface area contributed by atoms with Gasteiger partial charge < -0.3 is 24.3 Å². The number of nitrogens with zero attached hydrogens (tertiary/aromatic N) is 5. The predicted octanol–water partition coefficient (Wildman–Crippen LogP) is 4.03. The van der Waals surface area contributed by atoms with E-state index in [9.17, 15) is 19.3 Å². The van der Waals surface area contributed by atoms with Gasteiger partial charge in [-0.25, -0.2) is 4.39 Å². The van der Waals surface area contributed by atoms with Crippen LogP contribution in [0, 0.1) is 15.9 Å². The fourth-order valence-corrected chi connectivity index (χ4v) is 5.14. The molecule has 3 aromatic rings. The van der Waals surface area contributed by atoms with Crippen LogP contribution in [-0.4, -0.2) is 75.2 Å². The molecule has 2 heterocycles. The number of para-hydroxylation sites is 2.